The standard InChI is InChI=1S/C12H11ClF2N2/c1-8(13)10-5-16-17(7-10)6-9-4-11(14)2-3-12(9)15/h2-5,7-8H,6H2,1H3. The van der Waals surface area contributed by atoms with Crippen LogP contribution in [-0.4, -0.2) is 9.78 Å². The molecule has 0 aliphatic rings. The van der Waals surface area contributed by atoms with Gasteiger partial charge >= 0.3 is 0 Å². The van der Waals surface area contributed by atoms with Crippen LogP contribution in [0.3, 0.4) is 0 Å². The lowest BCUT2D eigenvalue weighted by atomic mass is 10.2. The molecule has 2 nitrogen and oxygen atoms in total. The molecule has 0 N–H and O–H groups in total. The molecule has 2 rings (SSSR count). The van der Waals surface area contributed by atoms with Gasteiger partial charge in [0.15, 0.2) is 0 Å². The fraction of sp³-hybridized carbons (Fsp3) is 0.250. The quantitative estimate of drug-likeness (QED) is 0.769. The van der Waals surface area contributed by atoms with Gasteiger partial charge in [0, 0.05) is 17.3 Å². The molecule has 17 heavy (non-hydrogen) atoms. The Balaban J connectivity index is 2.22. The van der Waals surface area contributed by atoms with Crippen LogP contribution in [0, 0.1) is 11.6 Å². The Morgan fingerprint density at radius 3 is 2.82 bits per heavy atom. The van der Waals surface area contributed by atoms with Gasteiger partial charge in [0.1, 0.15) is 11.6 Å². The number of halogens is 3. The molecule has 0 bridgehead atoms. The van der Waals surface area contributed by atoms with Gasteiger partial charge in [-0.15, -0.1) is 11.6 Å². The summed E-state index contributed by atoms with van der Waals surface area (Å²) in [7, 11) is 0. The largest absolute Gasteiger partial charge is 0.268 e. The predicted molar refractivity (Wildman–Crippen MR) is 62.0 cm³/mol. The molecule has 1 heterocycles. The normalized spacial score (nSPS) is 12.7. The van der Waals surface area contributed by atoms with Crippen molar-refractivity contribution in [2.45, 2.75) is 18.8 Å². The van der Waals surface area contributed by atoms with Crippen molar-refractivity contribution in [3.05, 3.63) is 53.4 Å². The second-order valence-corrected chi connectivity index (χ2v) is 4.48. The van der Waals surface area contributed by atoms with Gasteiger partial charge in [-0.25, -0.2) is 8.78 Å². The summed E-state index contributed by atoms with van der Waals surface area (Å²) in [5, 5.41) is 3.89. The summed E-state index contributed by atoms with van der Waals surface area (Å²) in [5.41, 5.74) is 1.12. The van der Waals surface area contributed by atoms with Crippen LogP contribution < -0.4 is 0 Å². The lowest BCUT2D eigenvalue weighted by Crippen LogP contribution is -2.02. The highest BCUT2D eigenvalue weighted by Crippen LogP contribution is 2.19. The minimum Gasteiger partial charge on any atom is -0.268 e. The molecule has 2 aromatic rings. The van der Waals surface area contributed by atoms with E-state index in [1.54, 1.807) is 12.4 Å². The number of hydrogen-bond acceptors (Lipinski definition) is 1. The molecule has 1 atom stereocenters. The van der Waals surface area contributed by atoms with Gasteiger partial charge in [-0.2, -0.15) is 5.10 Å². The molecule has 1 aromatic carbocycles. The molecular formula is C12H11ClF2N2. The summed E-state index contributed by atoms with van der Waals surface area (Å²) < 4.78 is 27.9. The van der Waals surface area contributed by atoms with E-state index in [0.29, 0.717) is 0 Å². The number of hydrogen-bond donors (Lipinski definition) is 0. The van der Waals surface area contributed by atoms with E-state index in [0.717, 1.165) is 17.7 Å². The molecule has 0 aliphatic heterocycles. The molecule has 1 unspecified atom stereocenters. The molecule has 0 spiro atoms. The van der Waals surface area contributed by atoms with Gasteiger partial charge in [-0.1, -0.05) is 0 Å². The van der Waals surface area contributed by atoms with Gasteiger partial charge in [0.25, 0.3) is 0 Å². The molecule has 0 radical (unpaired) electrons. The molecule has 5 heteroatoms. The maximum Gasteiger partial charge on any atom is 0.128 e. The lowest BCUT2D eigenvalue weighted by Gasteiger charge is -2.03. The smallest absolute Gasteiger partial charge is 0.128 e. The van der Waals surface area contributed by atoms with Crippen molar-refractivity contribution in [2.24, 2.45) is 0 Å². The molecule has 0 saturated heterocycles. The van der Waals surface area contributed by atoms with Crippen LogP contribution in [0.5, 0.6) is 0 Å². The third kappa shape index (κ3) is 2.82. The van der Waals surface area contributed by atoms with Crippen molar-refractivity contribution >= 4 is 11.6 Å². The molecule has 90 valence electrons. The average Bonchev–Trinajstić information content (AvgIpc) is 2.72. The minimum atomic E-state index is -0.459. The topological polar surface area (TPSA) is 17.8 Å². The van der Waals surface area contributed by atoms with Crippen LogP contribution in [0.25, 0.3) is 0 Å². The maximum atomic E-state index is 13.4. The highest BCUT2D eigenvalue weighted by Gasteiger charge is 2.08. The van der Waals surface area contributed by atoms with Crippen molar-refractivity contribution < 1.29 is 8.78 Å². The molecule has 0 saturated carbocycles. The maximum absolute atomic E-state index is 13.4. The van der Waals surface area contributed by atoms with E-state index in [9.17, 15) is 8.78 Å². The number of alkyl halides is 1. The van der Waals surface area contributed by atoms with Crippen molar-refractivity contribution in [3.8, 4) is 0 Å². The monoisotopic (exact) mass is 256 g/mol. The van der Waals surface area contributed by atoms with Gasteiger partial charge in [0.05, 0.1) is 18.1 Å². The Morgan fingerprint density at radius 2 is 2.18 bits per heavy atom. The Hall–Kier alpha value is -1.42. The van der Waals surface area contributed by atoms with E-state index in [2.05, 4.69) is 5.10 Å². The average molecular weight is 257 g/mol. The SMILES string of the molecule is CC(Cl)c1cnn(Cc2cc(F)ccc2F)c1. The van der Waals surface area contributed by atoms with Crippen molar-refractivity contribution in [1.29, 1.82) is 0 Å². The summed E-state index contributed by atoms with van der Waals surface area (Å²) in [6.07, 6.45) is 3.34. The zero-order valence-electron chi connectivity index (χ0n) is 9.20. The summed E-state index contributed by atoms with van der Waals surface area (Å²) >= 11 is 5.89. The number of rotatable bonds is 3. The van der Waals surface area contributed by atoms with Crippen molar-refractivity contribution in [1.82, 2.24) is 9.78 Å². The first-order chi connectivity index (χ1) is 8.06. The van der Waals surface area contributed by atoms with E-state index in [4.69, 9.17) is 11.6 Å². The molecular weight excluding hydrogens is 246 g/mol. The Labute approximate surface area is 103 Å². The van der Waals surface area contributed by atoms with Crippen LogP contribution in [0.1, 0.15) is 23.4 Å². The Bertz CT molecular complexity index is 523. The van der Waals surface area contributed by atoms with E-state index in [1.165, 1.54) is 10.7 Å². The van der Waals surface area contributed by atoms with Crippen molar-refractivity contribution in [2.75, 3.05) is 0 Å². The first-order valence-corrected chi connectivity index (χ1v) is 5.60. The zero-order valence-corrected chi connectivity index (χ0v) is 9.96. The van der Waals surface area contributed by atoms with E-state index >= 15 is 0 Å². The fourth-order valence-electron chi connectivity index (χ4n) is 1.51. The summed E-state index contributed by atoms with van der Waals surface area (Å²) in [6, 6.07) is 3.37. The van der Waals surface area contributed by atoms with Gasteiger partial charge in [-0.05, 0) is 25.1 Å². The summed E-state index contributed by atoms with van der Waals surface area (Å²) in [5.74, 6) is -0.901. The summed E-state index contributed by atoms with van der Waals surface area (Å²) in [4.78, 5) is 0. The minimum absolute atomic E-state index is 0.152. The molecule has 1 aromatic heterocycles. The Kier molecular flexibility index (Phi) is 3.43. The highest BCUT2D eigenvalue weighted by molar-refractivity contribution is 6.20. The first-order valence-electron chi connectivity index (χ1n) is 5.16. The van der Waals surface area contributed by atoms with Crippen LogP contribution in [0.2, 0.25) is 0 Å². The Morgan fingerprint density at radius 1 is 1.41 bits per heavy atom. The fourth-order valence-corrected chi connectivity index (χ4v) is 1.62. The van der Waals surface area contributed by atoms with Crippen molar-refractivity contribution in [3.63, 3.8) is 0 Å². The second-order valence-electron chi connectivity index (χ2n) is 3.82. The number of benzene rings is 1. The third-order valence-corrected chi connectivity index (χ3v) is 2.70. The molecule has 0 fully saturated rings. The van der Waals surface area contributed by atoms with E-state index in [1.807, 2.05) is 6.92 Å². The van der Waals surface area contributed by atoms with Gasteiger partial charge < -0.3 is 0 Å². The number of aromatic nitrogens is 2. The van der Waals surface area contributed by atoms with Gasteiger partial charge in [-0.3, -0.25) is 4.68 Å². The van der Waals surface area contributed by atoms with Crippen LogP contribution in [0.4, 0.5) is 8.78 Å². The van der Waals surface area contributed by atoms with Gasteiger partial charge in [0.2, 0.25) is 0 Å². The van der Waals surface area contributed by atoms with Crippen LogP contribution in [-0.2, 0) is 6.54 Å². The second kappa shape index (κ2) is 4.84. The molecule has 0 aliphatic carbocycles. The van der Waals surface area contributed by atoms with E-state index < -0.39 is 11.6 Å². The third-order valence-electron chi connectivity index (χ3n) is 2.45. The first kappa shape index (κ1) is 12.0. The summed E-state index contributed by atoms with van der Waals surface area (Å²) in [6.45, 7) is 2.01. The lowest BCUT2D eigenvalue weighted by molar-refractivity contribution is 0.566. The van der Waals surface area contributed by atoms with E-state index in [-0.39, 0.29) is 17.5 Å². The zero-order chi connectivity index (χ0) is 12.4. The van der Waals surface area contributed by atoms with Crippen LogP contribution in [0.15, 0.2) is 30.6 Å². The highest BCUT2D eigenvalue weighted by atomic mass is 35.5. The number of nitrogens with zero attached hydrogens (tertiary/aromatic N) is 2. The predicted octanol–water partition coefficient (Wildman–Crippen LogP) is 3.51. The van der Waals surface area contributed by atoms with Crippen LogP contribution >= 0.6 is 11.6 Å². The molecule has 0 amide bonds.